The van der Waals surface area contributed by atoms with Crippen LogP contribution in [0.25, 0.3) is 0 Å². The fourth-order valence-electron chi connectivity index (χ4n) is 2.86. The van der Waals surface area contributed by atoms with E-state index in [-0.39, 0.29) is 23.2 Å². The molecule has 3 N–H and O–H groups in total. The summed E-state index contributed by atoms with van der Waals surface area (Å²) in [6.45, 7) is 3.37. The number of hydrogen-bond donors (Lipinski definition) is 2. The van der Waals surface area contributed by atoms with E-state index in [9.17, 15) is 13.2 Å². The highest BCUT2D eigenvalue weighted by atomic mass is 35.5. The average Bonchev–Trinajstić information content (AvgIpc) is 2.84. The van der Waals surface area contributed by atoms with Crippen LogP contribution >= 0.6 is 12.4 Å². The van der Waals surface area contributed by atoms with Gasteiger partial charge >= 0.3 is 0 Å². The van der Waals surface area contributed by atoms with Crippen LogP contribution in [0.3, 0.4) is 0 Å². The van der Waals surface area contributed by atoms with Crippen molar-refractivity contribution in [2.24, 2.45) is 5.73 Å². The number of hydrogen-bond acceptors (Lipinski definition) is 4. The number of carbonyl (C=O) groups is 1. The van der Waals surface area contributed by atoms with Crippen LogP contribution in [0.1, 0.15) is 44.1 Å². The summed E-state index contributed by atoms with van der Waals surface area (Å²) in [4.78, 5) is 12.1. The van der Waals surface area contributed by atoms with Gasteiger partial charge in [0.25, 0.3) is 0 Å². The minimum Gasteiger partial charge on any atom is -0.330 e. The van der Waals surface area contributed by atoms with Gasteiger partial charge in [-0.25, -0.2) is 8.42 Å². The molecular formula is C17H28ClN3O3S. The highest BCUT2D eigenvalue weighted by Crippen LogP contribution is 2.25. The quantitative estimate of drug-likeness (QED) is 0.782. The normalized spacial score (nSPS) is 15.9. The average molecular weight is 390 g/mol. The molecule has 1 saturated heterocycles. The van der Waals surface area contributed by atoms with E-state index in [1.54, 1.807) is 29.4 Å². The molecule has 1 aromatic carbocycles. The fraction of sp³-hybridized carbons (Fsp3) is 0.588. The molecule has 0 radical (unpaired) electrons. The maximum Gasteiger partial charge on any atom is 0.243 e. The van der Waals surface area contributed by atoms with E-state index in [1.807, 2.05) is 0 Å². The van der Waals surface area contributed by atoms with Gasteiger partial charge in [-0.3, -0.25) is 4.79 Å². The Morgan fingerprint density at radius 3 is 2.44 bits per heavy atom. The second-order valence-electron chi connectivity index (χ2n) is 6.24. The molecule has 0 unspecified atom stereocenters. The number of halogens is 1. The first kappa shape index (κ1) is 21.9. The number of aryl methyl sites for hydroxylation is 1. The largest absolute Gasteiger partial charge is 0.330 e. The molecule has 25 heavy (non-hydrogen) atoms. The molecule has 0 spiro atoms. The van der Waals surface area contributed by atoms with E-state index in [0.717, 1.165) is 25.7 Å². The Morgan fingerprint density at radius 2 is 1.84 bits per heavy atom. The first-order valence-electron chi connectivity index (χ1n) is 8.56. The molecule has 0 atom stereocenters. The molecule has 1 aromatic rings. The van der Waals surface area contributed by atoms with Crippen LogP contribution in [0, 0.1) is 6.92 Å². The van der Waals surface area contributed by atoms with Gasteiger partial charge < -0.3 is 11.1 Å². The van der Waals surface area contributed by atoms with Crippen molar-refractivity contribution < 1.29 is 13.2 Å². The molecule has 142 valence electrons. The number of amides is 1. The van der Waals surface area contributed by atoms with Gasteiger partial charge in [-0.05, 0) is 50.4 Å². The van der Waals surface area contributed by atoms with E-state index in [2.05, 4.69) is 5.32 Å². The Labute approximate surface area is 156 Å². The van der Waals surface area contributed by atoms with Crippen molar-refractivity contribution in [2.45, 2.75) is 50.3 Å². The van der Waals surface area contributed by atoms with E-state index in [4.69, 9.17) is 5.73 Å². The lowest BCUT2D eigenvalue weighted by Crippen LogP contribution is -2.32. The minimum atomic E-state index is -3.53. The summed E-state index contributed by atoms with van der Waals surface area (Å²) >= 11 is 0. The van der Waals surface area contributed by atoms with Crippen LogP contribution in [0.4, 0.5) is 5.69 Å². The first-order valence-corrected chi connectivity index (χ1v) is 10.00. The van der Waals surface area contributed by atoms with Gasteiger partial charge in [0.15, 0.2) is 0 Å². The zero-order valence-corrected chi connectivity index (χ0v) is 16.3. The third-order valence-electron chi connectivity index (χ3n) is 4.26. The summed E-state index contributed by atoms with van der Waals surface area (Å²) in [5.41, 5.74) is 6.61. The third-order valence-corrected chi connectivity index (χ3v) is 6.30. The van der Waals surface area contributed by atoms with Gasteiger partial charge in [0.2, 0.25) is 15.9 Å². The number of benzene rings is 1. The Bertz CT molecular complexity index is 672. The summed E-state index contributed by atoms with van der Waals surface area (Å²) in [7, 11) is -3.53. The molecule has 0 aliphatic carbocycles. The topological polar surface area (TPSA) is 92.5 Å². The summed E-state index contributed by atoms with van der Waals surface area (Å²) in [5.74, 6) is -0.151. The Morgan fingerprint density at radius 1 is 1.20 bits per heavy atom. The summed E-state index contributed by atoms with van der Waals surface area (Å²) in [6, 6.07) is 5.04. The standard InChI is InChI=1S/C17H27N3O3S.ClH/c1-14-8-9-15(19-17(21)7-6-10-18)13-16(14)24(22,23)20-11-4-2-3-5-12-20;/h8-9,13H,2-7,10-12,18H2,1H3,(H,19,21);1H. The molecule has 1 aliphatic heterocycles. The van der Waals surface area contributed by atoms with E-state index < -0.39 is 10.0 Å². The smallest absolute Gasteiger partial charge is 0.243 e. The molecule has 8 heteroatoms. The number of nitrogens with two attached hydrogens (primary N) is 1. The summed E-state index contributed by atoms with van der Waals surface area (Å²) < 4.78 is 27.5. The second-order valence-corrected chi connectivity index (χ2v) is 8.15. The number of rotatable bonds is 6. The molecule has 1 aliphatic rings. The molecule has 2 rings (SSSR count). The molecule has 1 heterocycles. The van der Waals surface area contributed by atoms with Crippen LogP contribution in [-0.2, 0) is 14.8 Å². The second kappa shape index (κ2) is 10.1. The lowest BCUT2D eigenvalue weighted by Gasteiger charge is -2.21. The molecule has 0 saturated carbocycles. The predicted molar refractivity (Wildman–Crippen MR) is 103 cm³/mol. The maximum absolute atomic E-state index is 13.0. The Kier molecular flexibility index (Phi) is 8.85. The van der Waals surface area contributed by atoms with E-state index in [0.29, 0.717) is 43.7 Å². The number of carbonyl (C=O) groups excluding carboxylic acids is 1. The first-order chi connectivity index (χ1) is 11.4. The van der Waals surface area contributed by atoms with Gasteiger partial charge in [0.05, 0.1) is 4.90 Å². The van der Waals surface area contributed by atoms with Crippen molar-refractivity contribution in [2.75, 3.05) is 25.0 Å². The molecule has 6 nitrogen and oxygen atoms in total. The summed E-state index contributed by atoms with van der Waals surface area (Å²) in [6.07, 6.45) is 4.88. The van der Waals surface area contributed by atoms with Crippen molar-refractivity contribution in [3.63, 3.8) is 0 Å². The van der Waals surface area contributed by atoms with Crippen molar-refractivity contribution in [3.05, 3.63) is 23.8 Å². The molecule has 0 aromatic heterocycles. The zero-order chi connectivity index (χ0) is 17.6. The number of nitrogens with one attached hydrogen (secondary N) is 1. The van der Waals surface area contributed by atoms with Gasteiger partial charge in [-0.2, -0.15) is 4.31 Å². The maximum atomic E-state index is 13.0. The molecule has 1 fully saturated rings. The van der Waals surface area contributed by atoms with Crippen LogP contribution in [0.15, 0.2) is 23.1 Å². The van der Waals surface area contributed by atoms with Gasteiger partial charge in [-0.1, -0.05) is 18.9 Å². The van der Waals surface area contributed by atoms with Gasteiger partial charge in [-0.15, -0.1) is 12.4 Å². The molecular weight excluding hydrogens is 362 g/mol. The molecule has 1 amide bonds. The van der Waals surface area contributed by atoms with Crippen molar-refractivity contribution in [3.8, 4) is 0 Å². The predicted octanol–water partition coefficient (Wildman–Crippen LogP) is 2.66. The highest BCUT2D eigenvalue weighted by molar-refractivity contribution is 7.89. The lowest BCUT2D eigenvalue weighted by molar-refractivity contribution is -0.116. The SMILES string of the molecule is Cc1ccc(NC(=O)CCCN)cc1S(=O)(=O)N1CCCCCC1.Cl. The Hall–Kier alpha value is -1.15. The highest BCUT2D eigenvalue weighted by Gasteiger charge is 2.27. The third kappa shape index (κ3) is 5.95. The van der Waals surface area contributed by atoms with Gasteiger partial charge in [0.1, 0.15) is 0 Å². The lowest BCUT2D eigenvalue weighted by atomic mass is 10.2. The van der Waals surface area contributed by atoms with Crippen LogP contribution < -0.4 is 11.1 Å². The Balaban J connectivity index is 0.00000312. The number of sulfonamides is 1. The van der Waals surface area contributed by atoms with Crippen molar-refractivity contribution >= 4 is 34.0 Å². The van der Waals surface area contributed by atoms with Crippen molar-refractivity contribution in [1.29, 1.82) is 0 Å². The summed E-state index contributed by atoms with van der Waals surface area (Å²) in [5, 5.41) is 2.75. The van der Waals surface area contributed by atoms with Gasteiger partial charge in [0, 0.05) is 25.2 Å². The number of nitrogens with zero attached hydrogens (tertiary/aromatic N) is 1. The van der Waals surface area contributed by atoms with Crippen molar-refractivity contribution in [1.82, 2.24) is 4.31 Å². The van der Waals surface area contributed by atoms with Crippen LogP contribution in [0.2, 0.25) is 0 Å². The monoisotopic (exact) mass is 389 g/mol. The fourth-order valence-corrected chi connectivity index (χ4v) is 4.63. The van der Waals surface area contributed by atoms with E-state index >= 15 is 0 Å². The van der Waals surface area contributed by atoms with Crippen LogP contribution in [0.5, 0.6) is 0 Å². The zero-order valence-electron chi connectivity index (χ0n) is 14.7. The number of anilines is 1. The molecule has 0 bridgehead atoms. The van der Waals surface area contributed by atoms with E-state index in [1.165, 1.54) is 0 Å². The van der Waals surface area contributed by atoms with Crippen LogP contribution in [-0.4, -0.2) is 38.3 Å². The minimum absolute atomic E-state index is 0.